The number of aryl methyl sites for hydroxylation is 1. The molecule has 0 amide bonds. The number of hydrogen-bond acceptors (Lipinski definition) is 17. The number of methoxy groups -OCH3 is 2. The number of nitrogens with one attached hydrogen (secondary N) is 3. The van der Waals surface area contributed by atoms with Crippen LogP contribution in [0.15, 0.2) is 115 Å². The zero-order chi connectivity index (χ0) is 67.2. The van der Waals surface area contributed by atoms with Gasteiger partial charge in [0.05, 0.1) is 78.1 Å². The summed E-state index contributed by atoms with van der Waals surface area (Å²) in [6.45, 7) is 18.2. The molecule has 0 unspecified atom stereocenters. The van der Waals surface area contributed by atoms with E-state index in [1.165, 1.54) is 0 Å². The van der Waals surface area contributed by atoms with Crippen LogP contribution in [-0.4, -0.2) is 178 Å². The summed E-state index contributed by atoms with van der Waals surface area (Å²) in [6, 6.07) is 37.0. The first-order valence-corrected chi connectivity index (χ1v) is 34.6. The summed E-state index contributed by atoms with van der Waals surface area (Å²) in [5.41, 5.74) is 8.78. The first-order valence-electron chi connectivity index (χ1n) is 32.2. The number of anilines is 3. The van der Waals surface area contributed by atoms with Crippen molar-refractivity contribution in [3.63, 3.8) is 0 Å². The van der Waals surface area contributed by atoms with Crippen LogP contribution in [0.25, 0.3) is 65.4 Å². The molecule has 0 bridgehead atoms. The fourth-order valence-electron chi connectivity index (χ4n) is 11.0. The summed E-state index contributed by atoms with van der Waals surface area (Å²) in [4.78, 5) is 57.6. The second-order valence-corrected chi connectivity index (χ2v) is 24.2. The molecule has 6 aromatic carbocycles. The number of hydrogen-bond donors (Lipinski definition) is 3. The van der Waals surface area contributed by atoms with Gasteiger partial charge in [0.1, 0.15) is 36.8 Å². The van der Waals surface area contributed by atoms with Gasteiger partial charge in [-0.05, 0) is 118 Å². The van der Waals surface area contributed by atoms with E-state index in [2.05, 4.69) is 51.4 Å². The van der Waals surface area contributed by atoms with Crippen LogP contribution in [-0.2, 0) is 28.6 Å². The Morgan fingerprint density at radius 1 is 0.436 bits per heavy atom. The number of ether oxygens (including phenoxy) is 5. The zero-order valence-corrected chi connectivity index (χ0v) is 58.6. The average Bonchev–Trinajstić information content (AvgIpc) is 0.791. The molecule has 17 nitrogen and oxygen atoms in total. The summed E-state index contributed by atoms with van der Waals surface area (Å²) in [5.74, 6) is 2.53. The summed E-state index contributed by atoms with van der Waals surface area (Å²) < 4.78 is 27.1. The van der Waals surface area contributed by atoms with E-state index in [9.17, 15) is 14.4 Å². The molecule has 0 aliphatic rings. The SMILES string of the molecule is CCCN(CCCl)CCOC(=O)CCNc1c2ccc(Cl)cc2nc2ccc(OC)cc12.CCCN(CCCl)CCOC(=O)CCNc1c2ccccc2nc2c(C)c(Cl)ccc12.CCCN(CCCl)CCOC(=O)CCNc1c2ccccc2nc2c(OC)cccc12. The first-order chi connectivity index (χ1) is 45.8. The molecular weight excluding hydrogens is 1300 g/mol. The van der Waals surface area contributed by atoms with Crippen LogP contribution in [0.2, 0.25) is 10.0 Å². The van der Waals surface area contributed by atoms with Gasteiger partial charge in [-0.1, -0.05) is 92.5 Å². The van der Waals surface area contributed by atoms with Gasteiger partial charge in [0.25, 0.3) is 0 Å². The fourth-order valence-corrected chi connectivity index (χ4v) is 12.0. The molecule has 22 heteroatoms. The molecule has 0 saturated heterocycles. The standard InChI is InChI=1S/C24H29Cl2N3O3.C24H29Cl2N3O2.C24H30ClN3O3/c1-3-11-29(12-9-25)13-14-32-23(30)8-10-27-24-19-6-4-17(26)15-22(19)28-21-7-5-18(31-2)16-20(21)24;1-3-13-29(14-11-25)15-16-31-22(30)10-12-27-24-18-6-4-5-7-21(18)28-23-17(2)20(26)9-8-19(23)24;1-3-14-28(15-12-25)16-17-31-22(29)11-13-26-23-18-7-4-5-9-20(18)27-24-19(23)8-6-10-21(24)30-2/h4-7,15-16H,3,8-14H2,1-2H3,(H,27,28);4-9H,3,10-16H2,1-2H3,(H,27,28);4-10H,3,11-17H2,1-2H3,(H,26,27). The van der Waals surface area contributed by atoms with Crippen molar-refractivity contribution in [3.05, 3.63) is 131 Å². The number of fused-ring (bicyclic) bond motifs is 6. The van der Waals surface area contributed by atoms with Crippen LogP contribution in [0.5, 0.6) is 11.5 Å². The van der Waals surface area contributed by atoms with E-state index in [0.717, 1.165) is 158 Å². The first kappa shape index (κ1) is 74.5. The van der Waals surface area contributed by atoms with Crippen molar-refractivity contribution in [2.45, 2.75) is 66.2 Å². The highest BCUT2D eigenvalue weighted by Gasteiger charge is 2.18. The number of para-hydroxylation sites is 3. The molecule has 0 radical (unpaired) electrons. The Morgan fingerprint density at radius 3 is 1.35 bits per heavy atom. The highest BCUT2D eigenvalue weighted by molar-refractivity contribution is 6.32. The van der Waals surface area contributed by atoms with Gasteiger partial charge in [0.2, 0.25) is 0 Å². The van der Waals surface area contributed by atoms with Gasteiger partial charge in [-0.15, -0.1) is 34.8 Å². The molecule has 0 spiro atoms. The lowest BCUT2D eigenvalue weighted by Crippen LogP contribution is -2.31. The molecule has 0 aliphatic carbocycles. The molecule has 3 heterocycles. The second kappa shape index (κ2) is 39.8. The van der Waals surface area contributed by atoms with Crippen molar-refractivity contribution in [2.24, 2.45) is 0 Å². The van der Waals surface area contributed by atoms with Crippen LogP contribution in [0, 0.1) is 6.92 Å². The van der Waals surface area contributed by atoms with E-state index in [0.29, 0.717) is 86.8 Å². The van der Waals surface area contributed by atoms with Crippen LogP contribution in [0.1, 0.15) is 64.9 Å². The van der Waals surface area contributed by atoms with Crippen molar-refractivity contribution in [2.75, 3.05) is 146 Å². The lowest BCUT2D eigenvalue weighted by atomic mass is 10.0. The van der Waals surface area contributed by atoms with Crippen molar-refractivity contribution in [1.82, 2.24) is 29.7 Å². The average molecular weight is 1380 g/mol. The van der Waals surface area contributed by atoms with Crippen molar-refractivity contribution >= 4 is 158 Å². The number of halogens is 5. The number of carbonyl (C=O) groups is 3. The quantitative estimate of drug-likeness (QED) is 0.0147. The topological polar surface area (TPSA) is 182 Å². The largest absolute Gasteiger partial charge is 0.497 e. The number of rotatable bonds is 35. The normalized spacial score (nSPS) is 11.3. The summed E-state index contributed by atoms with van der Waals surface area (Å²) >= 11 is 30.0. The van der Waals surface area contributed by atoms with Gasteiger partial charge in [0.15, 0.2) is 0 Å². The predicted octanol–water partition coefficient (Wildman–Crippen LogP) is 15.7. The monoisotopic (exact) mass is 1380 g/mol. The summed E-state index contributed by atoms with van der Waals surface area (Å²) in [5, 5.41) is 17.4. The number of pyridine rings is 3. The minimum Gasteiger partial charge on any atom is -0.497 e. The lowest BCUT2D eigenvalue weighted by molar-refractivity contribution is -0.144. The molecule has 3 aromatic heterocycles. The van der Waals surface area contributed by atoms with E-state index >= 15 is 0 Å². The molecule has 9 aromatic rings. The number of carbonyl (C=O) groups excluding carboxylic acids is 3. The number of benzene rings is 6. The third-order valence-electron chi connectivity index (χ3n) is 15.6. The second-order valence-electron chi connectivity index (χ2n) is 22.2. The van der Waals surface area contributed by atoms with E-state index in [-0.39, 0.29) is 37.2 Å². The lowest BCUT2D eigenvalue weighted by Gasteiger charge is -2.20. The Morgan fingerprint density at radius 2 is 0.872 bits per heavy atom. The third kappa shape index (κ3) is 21.8. The highest BCUT2D eigenvalue weighted by atomic mass is 35.5. The number of alkyl halides is 3. The number of esters is 3. The molecule has 94 heavy (non-hydrogen) atoms. The van der Waals surface area contributed by atoms with Gasteiger partial charge in [-0.2, -0.15) is 0 Å². The molecule has 9 rings (SSSR count). The molecule has 504 valence electrons. The molecule has 0 aliphatic heterocycles. The molecule has 0 fully saturated rings. The Hall–Kier alpha value is -6.93. The Bertz CT molecular complexity index is 3890. The van der Waals surface area contributed by atoms with E-state index in [4.69, 9.17) is 96.6 Å². The third-order valence-corrected chi connectivity index (χ3v) is 16.8. The van der Waals surface area contributed by atoms with Crippen LogP contribution >= 0.6 is 58.0 Å². The summed E-state index contributed by atoms with van der Waals surface area (Å²) in [7, 11) is 3.27. The van der Waals surface area contributed by atoms with E-state index in [1.54, 1.807) is 14.2 Å². The maximum absolute atomic E-state index is 12.2. The maximum atomic E-state index is 12.2. The predicted molar refractivity (Wildman–Crippen MR) is 390 cm³/mol. The van der Waals surface area contributed by atoms with E-state index < -0.39 is 0 Å². The van der Waals surface area contributed by atoms with Crippen molar-refractivity contribution in [3.8, 4) is 11.5 Å². The van der Waals surface area contributed by atoms with Gasteiger partial charge in [-0.25, -0.2) is 15.0 Å². The number of nitrogens with zero attached hydrogens (tertiary/aromatic N) is 6. The molecule has 3 N–H and O–H groups in total. The highest BCUT2D eigenvalue weighted by Crippen LogP contribution is 2.38. The smallest absolute Gasteiger partial charge is 0.307 e. The Balaban J connectivity index is 0.000000200. The maximum Gasteiger partial charge on any atom is 0.307 e. The van der Waals surface area contributed by atoms with Crippen LogP contribution in [0.3, 0.4) is 0 Å². The van der Waals surface area contributed by atoms with Gasteiger partial charge >= 0.3 is 17.9 Å². The minimum absolute atomic E-state index is 0.211. The molecular formula is C72H88Cl5N9O8. The van der Waals surface area contributed by atoms with Gasteiger partial charge in [0, 0.05) is 119 Å². The van der Waals surface area contributed by atoms with Crippen molar-refractivity contribution in [1.29, 1.82) is 0 Å². The Labute approximate surface area is 577 Å². The molecule has 0 saturated carbocycles. The van der Waals surface area contributed by atoms with E-state index in [1.807, 2.05) is 122 Å². The van der Waals surface area contributed by atoms with Crippen molar-refractivity contribution < 1.29 is 38.1 Å². The van der Waals surface area contributed by atoms with Crippen LogP contribution in [0.4, 0.5) is 17.1 Å². The molecule has 0 atom stereocenters. The zero-order valence-electron chi connectivity index (χ0n) is 54.8. The minimum atomic E-state index is -0.233. The van der Waals surface area contributed by atoms with Gasteiger partial charge < -0.3 is 39.6 Å². The Kier molecular flexibility index (Phi) is 31.5. The number of aromatic nitrogens is 3. The summed E-state index contributed by atoms with van der Waals surface area (Å²) in [6.07, 6.45) is 3.96. The van der Waals surface area contributed by atoms with Gasteiger partial charge in [-0.3, -0.25) is 29.1 Å². The fraction of sp³-hybridized carbons (Fsp3) is 0.417. The van der Waals surface area contributed by atoms with Crippen LogP contribution < -0.4 is 25.4 Å².